The van der Waals surface area contributed by atoms with E-state index in [0.29, 0.717) is 18.9 Å². The van der Waals surface area contributed by atoms with Gasteiger partial charge in [-0.05, 0) is 43.2 Å². The second kappa shape index (κ2) is 16.5. The van der Waals surface area contributed by atoms with Gasteiger partial charge in [0.25, 0.3) is 0 Å². The molecule has 0 aliphatic carbocycles. The van der Waals surface area contributed by atoms with E-state index in [9.17, 15) is 23.5 Å². The summed E-state index contributed by atoms with van der Waals surface area (Å²) in [7, 11) is 0. The van der Waals surface area contributed by atoms with Crippen LogP contribution in [0.3, 0.4) is 0 Å². The molecule has 0 spiro atoms. The summed E-state index contributed by atoms with van der Waals surface area (Å²) in [4.78, 5) is 25.5. The zero-order chi connectivity index (χ0) is 27.0. The predicted molar refractivity (Wildman–Crippen MR) is 136 cm³/mol. The molecule has 204 valence electrons. The molecule has 0 aliphatic rings. The Balaban J connectivity index is 1.92. The van der Waals surface area contributed by atoms with E-state index in [2.05, 4.69) is 6.92 Å². The van der Waals surface area contributed by atoms with E-state index in [4.69, 9.17) is 14.2 Å². The number of rotatable bonds is 17. The molecule has 7 nitrogen and oxygen atoms in total. The quantitative estimate of drug-likeness (QED) is 0.248. The minimum absolute atomic E-state index is 0.0694. The molecular weight excluding hydrogens is 484 g/mol. The van der Waals surface area contributed by atoms with E-state index < -0.39 is 29.8 Å². The summed E-state index contributed by atoms with van der Waals surface area (Å²) in [5.74, 6) is -2.61. The van der Waals surface area contributed by atoms with Gasteiger partial charge in [0.2, 0.25) is 0 Å². The van der Waals surface area contributed by atoms with Crippen LogP contribution in [0.25, 0.3) is 0 Å². The first-order valence-electron chi connectivity index (χ1n) is 12.8. The molecule has 0 heterocycles. The lowest BCUT2D eigenvalue weighted by molar-refractivity contribution is -0.149. The minimum Gasteiger partial charge on any atom is -0.492 e. The highest BCUT2D eigenvalue weighted by Gasteiger charge is 2.19. The first-order valence-corrected chi connectivity index (χ1v) is 12.8. The lowest BCUT2D eigenvalue weighted by Gasteiger charge is -2.22. The van der Waals surface area contributed by atoms with Crippen LogP contribution in [0.1, 0.15) is 57.9 Å². The summed E-state index contributed by atoms with van der Waals surface area (Å²) in [6.07, 6.45) is 4.98. The van der Waals surface area contributed by atoms with Crippen LogP contribution >= 0.6 is 0 Å². The lowest BCUT2D eigenvalue weighted by atomic mass is 10.1. The number of nitrogens with zero attached hydrogens (tertiary/aromatic N) is 1. The molecule has 2 aromatic rings. The van der Waals surface area contributed by atoms with Gasteiger partial charge in [-0.15, -0.1) is 0 Å². The zero-order valence-corrected chi connectivity index (χ0v) is 21.6. The van der Waals surface area contributed by atoms with Crippen molar-refractivity contribution in [2.45, 2.75) is 64.9 Å². The summed E-state index contributed by atoms with van der Waals surface area (Å²) in [6.45, 7) is 5.09. The van der Waals surface area contributed by atoms with Gasteiger partial charge in [-0.1, -0.05) is 51.2 Å². The Labute approximate surface area is 217 Å². The van der Waals surface area contributed by atoms with E-state index in [1.165, 1.54) is 17.4 Å². The number of halogens is 2. The average molecular weight is 522 g/mol. The van der Waals surface area contributed by atoms with Crippen LogP contribution in [0.5, 0.6) is 11.5 Å². The van der Waals surface area contributed by atoms with E-state index in [1.54, 1.807) is 31.2 Å². The van der Waals surface area contributed by atoms with Gasteiger partial charge in [0, 0.05) is 25.6 Å². The third-order valence-electron chi connectivity index (χ3n) is 5.75. The molecule has 0 aliphatic heterocycles. The Kier molecular flexibility index (Phi) is 13.4. The summed E-state index contributed by atoms with van der Waals surface area (Å²) in [5, 5.41) is 9.24. The van der Waals surface area contributed by atoms with E-state index in [-0.39, 0.29) is 25.3 Å². The third-order valence-corrected chi connectivity index (χ3v) is 5.75. The maximum absolute atomic E-state index is 13.5. The van der Waals surface area contributed by atoms with Crippen molar-refractivity contribution >= 4 is 12.1 Å². The van der Waals surface area contributed by atoms with Crippen molar-refractivity contribution in [1.82, 2.24) is 4.90 Å². The van der Waals surface area contributed by atoms with E-state index in [0.717, 1.165) is 49.8 Å². The predicted octanol–water partition coefficient (Wildman–Crippen LogP) is 6.24. The number of hydrogen-bond acceptors (Lipinski definition) is 5. The van der Waals surface area contributed by atoms with Gasteiger partial charge in [0.1, 0.15) is 18.1 Å². The molecule has 2 rings (SSSR count). The number of unbranched alkanes of at least 4 members (excludes halogenated alkanes) is 5. The fourth-order valence-corrected chi connectivity index (χ4v) is 3.71. The monoisotopic (exact) mass is 521 g/mol. The highest BCUT2D eigenvalue weighted by Crippen LogP contribution is 2.18. The molecule has 37 heavy (non-hydrogen) atoms. The van der Waals surface area contributed by atoms with Crippen molar-refractivity contribution in [2.24, 2.45) is 0 Å². The molecule has 1 unspecified atom stereocenters. The zero-order valence-electron chi connectivity index (χ0n) is 21.6. The van der Waals surface area contributed by atoms with Crippen molar-refractivity contribution < 1.29 is 37.7 Å². The van der Waals surface area contributed by atoms with Crippen molar-refractivity contribution in [3.05, 3.63) is 59.7 Å². The Morgan fingerprint density at radius 3 is 2.22 bits per heavy atom. The number of amides is 1. The van der Waals surface area contributed by atoms with Gasteiger partial charge >= 0.3 is 12.1 Å². The van der Waals surface area contributed by atoms with Gasteiger partial charge in [-0.2, -0.15) is 0 Å². The van der Waals surface area contributed by atoms with Gasteiger partial charge in [0.15, 0.2) is 17.7 Å². The highest BCUT2D eigenvalue weighted by molar-refractivity contribution is 5.72. The van der Waals surface area contributed by atoms with E-state index in [1.807, 2.05) is 0 Å². The number of carboxylic acid groups (broad SMARTS) is 1. The summed E-state index contributed by atoms with van der Waals surface area (Å²) < 4.78 is 43.0. The maximum Gasteiger partial charge on any atom is 0.415 e. The number of ether oxygens (including phenoxy) is 3. The van der Waals surface area contributed by atoms with Crippen LogP contribution in [0, 0.1) is 11.6 Å². The molecule has 0 saturated heterocycles. The Morgan fingerprint density at radius 2 is 1.57 bits per heavy atom. The SMILES string of the molecule is CCCCCCCCN(CCOc1ccc(CC(OCC)C(=O)O)cc1)C(=O)Oc1ccc(F)c(F)c1. The van der Waals surface area contributed by atoms with Crippen LogP contribution in [-0.4, -0.2) is 54.5 Å². The largest absolute Gasteiger partial charge is 0.492 e. The van der Waals surface area contributed by atoms with Crippen LogP contribution in [-0.2, 0) is 16.0 Å². The molecule has 9 heteroatoms. The van der Waals surface area contributed by atoms with Gasteiger partial charge < -0.3 is 24.2 Å². The number of carboxylic acids is 1. The fraction of sp³-hybridized carbons (Fsp3) is 0.500. The minimum atomic E-state index is -1.09. The molecule has 2 aromatic carbocycles. The molecule has 0 radical (unpaired) electrons. The summed E-state index contributed by atoms with van der Waals surface area (Å²) >= 11 is 0. The number of benzene rings is 2. The van der Waals surface area contributed by atoms with Crippen molar-refractivity contribution in [3.8, 4) is 11.5 Å². The molecule has 0 saturated carbocycles. The first kappa shape index (κ1) is 30.0. The summed E-state index contributed by atoms with van der Waals surface area (Å²) in [6, 6.07) is 9.98. The normalized spacial score (nSPS) is 11.7. The van der Waals surface area contributed by atoms with E-state index >= 15 is 0 Å². The number of carbonyl (C=O) groups excluding carboxylic acids is 1. The number of carbonyl (C=O) groups is 2. The lowest BCUT2D eigenvalue weighted by Crippen LogP contribution is -2.37. The van der Waals surface area contributed by atoms with Crippen molar-refractivity contribution in [2.75, 3.05) is 26.3 Å². The van der Waals surface area contributed by atoms with Gasteiger partial charge in [-0.25, -0.2) is 18.4 Å². The second-order valence-corrected chi connectivity index (χ2v) is 8.68. The molecule has 1 amide bonds. The first-order chi connectivity index (χ1) is 17.8. The topological polar surface area (TPSA) is 85.3 Å². The molecular formula is C28H37F2NO6. The van der Waals surface area contributed by atoms with Crippen LogP contribution < -0.4 is 9.47 Å². The Hall–Kier alpha value is -3.20. The molecule has 1 atom stereocenters. The smallest absolute Gasteiger partial charge is 0.415 e. The van der Waals surface area contributed by atoms with Crippen LogP contribution in [0.4, 0.5) is 13.6 Å². The van der Waals surface area contributed by atoms with Crippen molar-refractivity contribution in [1.29, 1.82) is 0 Å². The Morgan fingerprint density at radius 1 is 0.892 bits per heavy atom. The molecule has 0 bridgehead atoms. The standard InChI is InChI=1S/C28H37F2NO6/c1-3-5-6-7-8-9-16-31(28(34)37-23-14-15-24(29)25(30)20-23)17-18-36-22-12-10-21(11-13-22)19-26(27(32)33)35-4-2/h10-15,20,26H,3-9,16-19H2,1-2H3,(H,32,33). The average Bonchev–Trinajstić information content (AvgIpc) is 2.87. The van der Waals surface area contributed by atoms with Crippen LogP contribution in [0.2, 0.25) is 0 Å². The molecule has 1 N–H and O–H groups in total. The Bertz CT molecular complexity index is 970. The number of hydrogen-bond donors (Lipinski definition) is 1. The highest BCUT2D eigenvalue weighted by atomic mass is 19.2. The maximum atomic E-state index is 13.5. The van der Waals surface area contributed by atoms with Crippen LogP contribution in [0.15, 0.2) is 42.5 Å². The van der Waals surface area contributed by atoms with Gasteiger partial charge in [0.05, 0.1) is 6.54 Å². The summed E-state index contributed by atoms with van der Waals surface area (Å²) in [5.41, 5.74) is 0.799. The fourth-order valence-electron chi connectivity index (χ4n) is 3.71. The third kappa shape index (κ3) is 11.2. The molecule has 0 aromatic heterocycles. The van der Waals surface area contributed by atoms with Gasteiger partial charge in [-0.3, -0.25) is 0 Å². The molecule has 0 fully saturated rings. The number of aliphatic carboxylic acids is 1. The second-order valence-electron chi connectivity index (χ2n) is 8.68. The van der Waals surface area contributed by atoms with Crippen molar-refractivity contribution in [3.63, 3.8) is 0 Å².